The summed E-state index contributed by atoms with van der Waals surface area (Å²) in [5.41, 5.74) is 2.22. The van der Waals surface area contributed by atoms with Gasteiger partial charge in [0.15, 0.2) is 0 Å². The van der Waals surface area contributed by atoms with Crippen molar-refractivity contribution in [2.75, 3.05) is 27.7 Å². The number of likely N-dealkylation sites (tertiary alicyclic amines) is 1. The number of benzene rings is 2. The molecule has 2 N–H and O–H groups in total. The number of likely N-dealkylation sites (N-methyl/N-ethyl adjacent to an activating group) is 1. The van der Waals surface area contributed by atoms with Gasteiger partial charge in [-0.1, -0.05) is 44.9 Å². The number of halogens is 1. The number of ether oxygens (including phenoxy) is 1. The molecular formula is C34H49FN2O4. The fraction of sp³-hybridized carbons (Fsp3) is 0.588. The molecule has 1 atom stereocenters. The molecule has 1 unspecified atom stereocenters. The molecule has 2 saturated carbocycles. The molecule has 7 heteroatoms. The maximum absolute atomic E-state index is 14.6. The van der Waals surface area contributed by atoms with E-state index in [0.29, 0.717) is 16.7 Å². The van der Waals surface area contributed by atoms with E-state index in [9.17, 15) is 19.1 Å². The first-order chi connectivity index (χ1) is 19.3. The SMILES string of the molecule is CN1CC(C)(C)CC1C=O.CNC1CCC1.COc1ccc(C(C)(C)C(=O)O)cc1-c1cccc(F)c1C1CCC1. The van der Waals surface area contributed by atoms with E-state index in [0.717, 1.165) is 61.2 Å². The number of carbonyl (C=O) groups is 2. The van der Waals surface area contributed by atoms with Crippen LogP contribution in [0.5, 0.6) is 5.75 Å². The number of nitrogens with zero attached hydrogens (tertiary/aromatic N) is 1. The minimum Gasteiger partial charge on any atom is -0.496 e. The summed E-state index contributed by atoms with van der Waals surface area (Å²) >= 11 is 0. The average molecular weight is 569 g/mol. The van der Waals surface area contributed by atoms with E-state index in [-0.39, 0.29) is 17.8 Å². The number of methoxy groups -OCH3 is 1. The van der Waals surface area contributed by atoms with Gasteiger partial charge in [-0.2, -0.15) is 0 Å². The van der Waals surface area contributed by atoms with Gasteiger partial charge in [0, 0.05) is 18.2 Å². The van der Waals surface area contributed by atoms with E-state index in [1.54, 1.807) is 39.2 Å². The molecule has 0 radical (unpaired) electrons. The molecule has 226 valence electrons. The highest BCUT2D eigenvalue weighted by Crippen LogP contribution is 2.45. The Bertz CT molecular complexity index is 1180. The number of nitrogens with one attached hydrogen (secondary N) is 1. The van der Waals surface area contributed by atoms with Crippen LogP contribution in [0, 0.1) is 11.2 Å². The van der Waals surface area contributed by atoms with Crippen LogP contribution in [0.3, 0.4) is 0 Å². The molecule has 2 aromatic rings. The molecule has 5 rings (SSSR count). The van der Waals surface area contributed by atoms with Crippen molar-refractivity contribution >= 4 is 12.3 Å². The van der Waals surface area contributed by atoms with Crippen LogP contribution in [-0.2, 0) is 15.0 Å². The smallest absolute Gasteiger partial charge is 0.313 e. The van der Waals surface area contributed by atoms with Crippen LogP contribution >= 0.6 is 0 Å². The lowest BCUT2D eigenvalue weighted by Gasteiger charge is -2.29. The van der Waals surface area contributed by atoms with E-state index in [1.165, 1.54) is 25.3 Å². The fourth-order valence-electron chi connectivity index (χ4n) is 5.74. The molecule has 6 nitrogen and oxygen atoms in total. The van der Waals surface area contributed by atoms with Crippen molar-refractivity contribution in [3.05, 3.63) is 53.3 Å². The van der Waals surface area contributed by atoms with Crippen molar-refractivity contribution in [1.82, 2.24) is 10.2 Å². The van der Waals surface area contributed by atoms with Gasteiger partial charge in [0.1, 0.15) is 17.9 Å². The zero-order chi connectivity index (χ0) is 30.4. The molecule has 3 aliphatic rings. The molecule has 0 amide bonds. The normalized spacial score (nSPS) is 20.4. The van der Waals surface area contributed by atoms with Crippen LogP contribution in [0.4, 0.5) is 4.39 Å². The molecule has 1 aliphatic heterocycles. The minimum atomic E-state index is -1.04. The Balaban J connectivity index is 0.000000235. The lowest BCUT2D eigenvalue weighted by Crippen LogP contribution is -2.31. The quantitative estimate of drug-likeness (QED) is 0.358. The van der Waals surface area contributed by atoms with Crippen molar-refractivity contribution < 1.29 is 23.8 Å². The first kappa shape index (κ1) is 32.7. The molecule has 0 bridgehead atoms. The maximum Gasteiger partial charge on any atom is 0.313 e. The van der Waals surface area contributed by atoms with Gasteiger partial charge >= 0.3 is 5.97 Å². The molecule has 2 aromatic carbocycles. The van der Waals surface area contributed by atoms with Crippen LogP contribution in [0.1, 0.15) is 89.7 Å². The number of carboxylic acids is 1. The van der Waals surface area contributed by atoms with Crippen LogP contribution < -0.4 is 10.1 Å². The maximum atomic E-state index is 14.6. The predicted molar refractivity (Wildman–Crippen MR) is 163 cm³/mol. The molecule has 41 heavy (non-hydrogen) atoms. The third-order valence-corrected chi connectivity index (χ3v) is 8.99. The monoisotopic (exact) mass is 568 g/mol. The Kier molecular flexibility index (Phi) is 11.1. The Labute approximate surface area is 245 Å². The Morgan fingerprint density at radius 3 is 2.17 bits per heavy atom. The molecular weight excluding hydrogens is 519 g/mol. The molecule has 1 heterocycles. The van der Waals surface area contributed by atoms with Gasteiger partial charge in [0.2, 0.25) is 0 Å². The molecule has 0 aromatic heterocycles. The van der Waals surface area contributed by atoms with Gasteiger partial charge in [0.05, 0.1) is 18.6 Å². The second kappa shape index (κ2) is 13.9. The summed E-state index contributed by atoms with van der Waals surface area (Å²) in [5.74, 6) is -0.262. The summed E-state index contributed by atoms with van der Waals surface area (Å²) in [6, 6.07) is 11.5. The zero-order valence-electron chi connectivity index (χ0n) is 25.9. The number of rotatable bonds is 7. The number of aliphatic carboxylic acids is 1. The molecule has 3 fully saturated rings. The molecule has 1 saturated heterocycles. The van der Waals surface area contributed by atoms with Crippen LogP contribution in [0.25, 0.3) is 11.1 Å². The average Bonchev–Trinajstić information content (AvgIpc) is 3.15. The summed E-state index contributed by atoms with van der Waals surface area (Å²) in [6.07, 6.45) is 9.37. The van der Waals surface area contributed by atoms with Gasteiger partial charge < -0.3 is 20.0 Å². The van der Waals surface area contributed by atoms with Gasteiger partial charge in [-0.05, 0) is 106 Å². The number of carbonyl (C=O) groups excluding carboxylic acids is 1. The minimum absolute atomic E-state index is 0.162. The predicted octanol–water partition coefficient (Wildman–Crippen LogP) is 6.80. The van der Waals surface area contributed by atoms with Crippen LogP contribution in [0.2, 0.25) is 0 Å². The molecule has 2 aliphatic carbocycles. The third kappa shape index (κ3) is 7.95. The Morgan fingerprint density at radius 2 is 1.78 bits per heavy atom. The van der Waals surface area contributed by atoms with E-state index in [4.69, 9.17) is 4.74 Å². The second-order valence-corrected chi connectivity index (χ2v) is 13.1. The van der Waals surface area contributed by atoms with Gasteiger partial charge in [-0.3, -0.25) is 9.69 Å². The van der Waals surface area contributed by atoms with E-state index in [2.05, 4.69) is 24.1 Å². The van der Waals surface area contributed by atoms with Crippen molar-refractivity contribution in [2.45, 2.75) is 96.1 Å². The van der Waals surface area contributed by atoms with Crippen molar-refractivity contribution in [1.29, 1.82) is 0 Å². The molecule has 0 spiro atoms. The highest BCUT2D eigenvalue weighted by Gasteiger charge is 2.35. The number of hydrogen-bond acceptors (Lipinski definition) is 5. The topological polar surface area (TPSA) is 78.9 Å². The summed E-state index contributed by atoms with van der Waals surface area (Å²) in [4.78, 5) is 24.2. The summed E-state index contributed by atoms with van der Waals surface area (Å²) in [7, 11) is 5.61. The van der Waals surface area contributed by atoms with E-state index < -0.39 is 11.4 Å². The van der Waals surface area contributed by atoms with E-state index >= 15 is 0 Å². The van der Waals surface area contributed by atoms with Crippen LogP contribution in [0.15, 0.2) is 36.4 Å². The second-order valence-electron chi connectivity index (χ2n) is 13.1. The van der Waals surface area contributed by atoms with Crippen LogP contribution in [-0.4, -0.2) is 62.1 Å². The van der Waals surface area contributed by atoms with Gasteiger partial charge in [0.25, 0.3) is 0 Å². The number of carboxylic acid groups (broad SMARTS) is 1. The van der Waals surface area contributed by atoms with Crippen molar-refractivity contribution in [2.24, 2.45) is 5.41 Å². The van der Waals surface area contributed by atoms with Gasteiger partial charge in [-0.15, -0.1) is 0 Å². The summed E-state index contributed by atoms with van der Waals surface area (Å²) < 4.78 is 20.1. The Hall–Kier alpha value is -2.77. The highest BCUT2D eigenvalue weighted by atomic mass is 19.1. The lowest BCUT2D eigenvalue weighted by atomic mass is 9.76. The third-order valence-electron chi connectivity index (χ3n) is 8.99. The van der Waals surface area contributed by atoms with E-state index in [1.807, 2.05) is 26.2 Å². The first-order valence-corrected chi connectivity index (χ1v) is 14.9. The standard InChI is InChI=1S/C21H23FO3.C8H15NO.C5H11N/c1-21(2,20(23)24)14-10-11-18(25-3)16(12-14)15-8-5-9-17(22)19(15)13-6-4-7-13;1-8(2)4-7(5-10)9(3)6-8;1-6-5-3-2-4-5/h5,8-13H,4,6-7H2,1-3H3,(H,23,24);5,7H,4,6H2,1-3H3;5-6H,2-4H2,1H3. The number of aldehydes is 1. The van der Waals surface area contributed by atoms with Crippen molar-refractivity contribution in [3.8, 4) is 16.9 Å². The first-order valence-electron chi connectivity index (χ1n) is 14.9. The van der Waals surface area contributed by atoms with Gasteiger partial charge in [-0.25, -0.2) is 4.39 Å². The highest BCUT2D eigenvalue weighted by molar-refractivity contribution is 5.82. The fourth-order valence-corrected chi connectivity index (χ4v) is 5.74. The largest absolute Gasteiger partial charge is 0.496 e. The zero-order valence-corrected chi connectivity index (χ0v) is 25.9. The van der Waals surface area contributed by atoms with Crippen molar-refractivity contribution in [3.63, 3.8) is 0 Å². The lowest BCUT2D eigenvalue weighted by molar-refractivity contribution is -0.142. The number of hydrogen-bond donors (Lipinski definition) is 2. The summed E-state index contributed by atoms with van der Waals surface area (Å²) in [6.45, 7) is 8.77. The summed E-state index contributed by atoms with van der Waals surface area (Å²) in [5, 5.41) is 12.7. The Morgan fingerprint density at radius 1 is 1.12 bits per heavy atom.